The van der Waals surface area contributed by atoms with Crippen LogP contribution in [0.1, 0.15) is 11.1 Å². The first kappa shape index (κ1) is 23.3. The van der Waals surface area contributed by atoms with Crippen LogP contribution >= 0.6 is 55.7 Å². The lowest BCUT2D eigenvalue weighted by molar-refractivity contribution is -0.123. The van der Waals surface area contributed by atoms with Gasteiger partial charge in [0.25, 0.3) is 5.91 Å². The zero-order valence-electron chi connectivity index (χ0n) is 15.1. The number of halogens is 3. The van der Waals surface area contributed by atoms with E-state index in [1.165, 1.54) is 6.08 Å². The molecule has 0 saturated carbocycles. The second-order valence-corrected chi connectivity index (χ2v) is 8.25. The quantitative estimate of drug-likeness (QED) is 0.289. The first-order chi connectivity index (χ1) is 13.8. The number of hydrazine groups is 1. The summed E-state index contributed by atoms with van der Waals surface area (Å²) in [7, 11) is 0. The Hall–Kier alpha value is -1.94. The first-order valence-electron chi connectivity index (χ1n) is 8.17. The van der Waals surface area contributed by atoms with Crippen molar-refractivity contribution < 1.29 is 14.3 Å². The van der Waals surface area contributed by atoms with Gasteiger partial charge in [0.05, 0.1) is 4.47 Å². The zero-order chi connectivity index (χ0) is 21.4. The molecule has 0 saturated heterocycles. The molecule has 152 valence electrons. The molecule has 29 heavy (non-hydrogen) atoms. The minimum Gasteiger partial charge on any atom is -0.482 e. The number of carbonyl (C=O) groups excluding carboxylic acids is 2. The van der Waals surface area contributed by atoms with E-state index in [4.69, 9.17) is 28.6 Å². The highest BCUT2D eigenvalue weighted by Gasteiger charge is 2.10. The molecule has 10 heteroatoms. The standard InChI is InChI=1S/C19H16Br2ClN3O3S/c1-11-8-13(20)9-14(21)18(11)28-10-17(27)24-25-19(29)23-16(26)7-6-12-4-2-3-5-15(12)22/h2-9H,10H2,1H3,(H,24,27)(H2,23,25,26,29)/b7-6+. The molecule has 2 amide bonds. The average Bonchev–Trinajstić information content (AvgIpc) is 2.65. The Morgan fingerprint density at radius 1 is 1.21 bits per heavy atom. The zero-order valence-corrected chi connectivity index (χ0v) is 19.8. The van der Waals surface area contributed by atoms with E-state index in [-0.39, 0.29) is 11.7 Å². The van der Waals surface area contributed by atoms with E-state index in [1.54, 1.807) is 24.3 Å². The van der Waals surface area contributed by atoms with E-state index in [2.05, 4.69) is 48.0 Å². The van der Waals surface area contributed by atoms with Gasteiger partial charge in [-0.3, -0.25) is 25.8 Å². The normalized spacial score (nSPS) is 10.5. The van der Waals surface area contributed by atoms with Gasteiger partial charge in [0.1, 0.15) is 5.75 Å². The summed E-state index contributed by atoms with van der Waals surface area (Å²) in [4.78, 5) is 23.8. The Kier molecular flexibility index (Phi) is 9.09. The van der Waals surface area contributed by atoms with E-state index in [0.29, 0.717) is 16.3 Å². The summed E-state index contributed by atoms with van der Waals surface area (Å²) in [6.45, 7) is 1.62. The predicted octanol–water partition coefficient (Wildman–Crippen LogP) is 4.29. The fourth-order valence-electron chi connectivity index (χ4n) is 2.13. The van der Waals surface area contributed by atoms with E-state index in [9.17, 15) is 9.59 Å². The van der Waals surface area contributed by atoms with Crippen molar-refractivity contribution in [1.82, 2.24) is 16.2 Å². The van der Waals surface area contributed by atoms with Crippen LogP contribution in [0.5, 0.6) is 5.75 Å². The number of carbonyl (C=O) groups is 2. The highest BCUT2D eigenvalue weighted by molar-refractivity contribution is 9.11. The maximum absolute atomic E-state index is 11.9. The summed E-state index contributed by atoms with van der Waals surface area (Å²) in [5.74, 6) is -0.381. The molecule has 0 atom stereocenters. The van der Waals surface area contributed by atoms with E-state index >= 15 is 0 Å². The minimum atomic E-state index is -0.470. The van der Waals surface area contributed by atoms with Crippen LogP contribution in [0, 0.1) is 6.92 Å². The van der Waals surface area contributed by atoms with Gasteiger partial charge in [0.15, 0.2) is 11.7 Å². The number of aryl methyl sites for hydroxylation is 1. The Labute approximate surface area is 195 Å². The van der Waals surface area contributed by atoms with Gasteiger partial charge in [0, 0.05) is 15.6 Å². The van der Waals surface area contributed by atoms with Crippen LogP contribution in [-0.4, -0.2) is 23.5 Å². The molecule has 2 aromatic rings. The molecule has 0 heterocycles. The summed E-state index contributed by atoms with van der Waals surface area (Å²) in [6.07, 6.45) is 2.85. The van der Waals surface area contributed by atoms with Gasteiger partial charge in [-0.2, -0.15) is 0 Å². The van der Waals surface area contributed by atoms with Crippen LogP contribution in [0.4, 0.5) is 0 Å². The van der Waals surface area contributed by atoms with Gasteiger partial charge in [-0.25, -0.2) is 0 Å². The van der Waals surface area contributed by atoms with Crippen LogP contribution in [0.25, 0.3) is 6.08 Å². The third-order valence-electron chi connectivity index (χ3n) is 3.41. The van der Waals surface area contributed by atoms with Gasteiger partial charge in [-0.05, 0) is 70.5 Å². The van der Waals surface area contributed by atoms with Crippen molar-refractivity contribution in [2.24, 2.45) is 0 Å². The number of thiocarbonyl (C=S) groups is 1. The van der Waals surface area contributed by atoms with Crippen molar-refractivity contribution >= 4 is 78.7 Å². The number of hydrogen-bond donors (Lipinski definition) is 3. The van der Waals surface area contributed by atoms with Crippen LogP contribution < -0.4 is 20.9 Å². The molecule has 0 aliphatic carbocycles. The maximum atomic E-state index is 11.9. The minimum absolute atomic E-state index is 0.0619. The van der Waals surface area contributed by atoms with Gasteiger partial charge in [-0.1, -0.05) is 45.7 Å². The monoisotopic (exact) mass is 559 g/mol. The summed E-state index contributed by atoms with van der Waals surface area (Å²) in [5, 5.41) is 2.87. The molecular formula is C19H16Br2ClN3O3S. The highest BCUT2D eigenvalue weighted by Crippen LogP contribution is 2.32. The third kappa shape index (κ3) is 7.77. The molecule has 6 nitrogen and oxygen atoms in total. The lowest BCUT2D eigenvalue weighted by Crippen LogP contribution is -2.49. The molecule has 2 rings (SSSR count). The smallest absolute Gasteiger partial charge is 0.276 e. The Morgan fingerprint density at radius 3 is 2.62 bits per heavy atom. The maximum Gasteiger partial charge on any atom is 0.276 e. The van der Waals surface area contributed by atoms with Crippen LogP contribution in [0.2, 0.25) is 5.02 Å². The Bertz CT molecular complexity index is 946. The van der Waals surface area contributed by atoms with Crippen molar-refractivity contribution in [2.45, 2.75) is 6.92 Å². The fourth-order valence-corrected chi connectivity index (χ4v) is 4.04. The van der Waals surface area contributed by atoms with Crippen LogP contribution in [-0.2, 0) is 9.59 Å². The highest BCUT2D eigenvalue weighted by atomic mass is 79.9. The van der Waals surface area contributed by atoms with Crippen molar-refractivity contribution in [3.8, 4) is 5.75 Å². The Morgan fingerprint density at radius 2 is 1.93 bits per heavy atom. The number of benzene rings is 2. The topological polar surface area (TPSA) is 79.5 Å². The molecule has 0 fully saturated rings. The Balaban J connectivity index is 1.76. The lowest BCUT2D eigenvalue weighted by atomic mass is 10.2. The van der Waals surface area contributed by atoms with Crippen molar-refractivity contribution in [3.05, 3.63) is 67.6 Å². The van der Waals surface area contributed by atoms with Gasteiger partial charge in [-0.15, -0.1) is 0 Å². The predicted molar refractivity (Wildman–Crippen MR) is 125 cm³/mol. The molecule has 2 aromatic carbocycles. The second kappa shape index (κ2) is 11.3. The largest absolute Gasteiger partial charge is 0.482 e. The van der Waals surface area contributed by atoms with E-state index in [1.807, 2.05) is 25.1 Å². The van der Waals surface area contributed by atoms with Gasteiger partial charge in [0.2, 0.25) is 5.91 Å². The molecule has 0 unspecified atom stereocenters. The first-order valence-corrected chi connectivity index (χ1v) is 10.5. The molecule has 0 radical (unpaired) electrons. The number of hydrogen-bond acceptors (Lipinski definition) is 4. The number of nitrogens with one attached hydrogen (secondary N) is 3. The number of amides is 2. The second-order valence-electron chi connectivity index (χ2n) is 5.67. The molecule has 0 aliphatic heterocycles. The number of rotatable bonds is 5. The van der Waals surface area contributed by atoms with E-state index in [0.717, 1.165) is 14.5 Å². The van der Waals surface area contributed by atoms with E-state index < -0.39 is 11.8 Å². The van der Waals surface area contributed by atoms with Crippen LogP contribution in [0.15, 0.2) is 51.4 Å². The third-order valence-corrected chi connectivity index (χ3v) is 5.01. The molecule has 0 aliphatic rings. The van der Waals surface area contributed by atoms with Crippen molar-refractivity contribution in [3.63, 3.8) is 0 Å². The number of ether oxygens (including phenoxy) is 1. The average molecular weight is 562 g/mol. The molecular weight excluding hydrogens is 546 g/mol. The summed E-state index contributed by atoms with van der Waals surface area (Å²) in [5.41, 5.74) is 6.35. The summed E-state index contributed by atoms with van der Waals surface area (Å²) in [6, 6.07) is 10.8. The van der Waals surface area contributed by atoms with Crippen molar-refractivity contribution in [2.75, 3.05) is 6.61 Å². The fraction of sp³-hybridized carbons (Fsp3) is 0.105. The lowest BCUT2D eigenvalue weighted by Gasteiger charge is -2.13. The molecule has 0 bridgehead atoms. The van der Waals surface area contributed by atoms with Gasteiger partial charge >= 0.3 is 0 Å². The van der Waals surface area contributed by atoms with Crippen molar-refractivity contribution in [1.29, 1.82) is 0 Å². The SMILES string of the molecule is Cc1cc(Br)cc(Br)c1OCC(=O)NNC(=S)NC(=O)/C=C/c1ccccc1Cl. The molecule has 0 aromatic heterocycles. The van der Waals surface area contributed by atoms with Gasteiger partial charge < -0.3 is 4.74 Å². The van der Waals surface area contributed by atoms with Crippen LogP contribution in [0.3, 0.4) is 0 Å². The summed E-state index contributed by atoms with van der Waals surface area (Å²) >= 11 is 17.7. The molecule has 0 spiro atoms. The summed E-state index contributed by atoms with van der Waals surface area (Å²) < 4.78 is 7.14. The molecule has 3 N–H and O–H groups in total.